The summed E-state index contributed by atoms with van der Waals surface area (Å²) in [4.78, 5) is 12.3. The third-order valence-corrected chi connectivity index (χ3v) is 3.74. The SMILES string of the molecule is C[C@H](N[C@@H](C)c1cccc(Cl)c1)C(=O)Nc1cccc(C#N)c1. The predicted molar refractivity (Wildman–Crippen MR) is 92.3 cm³/mol. The van der Waals surface area contributed by atoms with Gasteiger partial charge in [-0.25, -0.2) is 0 Å². The molecule has 0 radical (unpaired) electrons. The van der Waals surface area contributed by atoms with E-state index in [2.05, 4.69) is 10.6 Å². The van der Waals surface area contributed by atoms with E-state index in [1.165, 1.54) is 0 Å². The molecule has 4 nitrogen and oxygen atoms in total. The zero-order valence-electron chi connectivity index (χ0n) is 13.0. The number of hydrogen-bond acceptors (Lipinski definition) is 3. The lowest BCUT2D eigenvalue weighted by atomic mass is 10.1. The number of nitriles is 1. The second-order valence-corrected chi connectivity index (χ2v) is 5.78. The lowest BCUT2D eigenvalue weighted by molar-refractivity contribution is -0.117. The van der Waals surface area contributed by atoms with Crippen LogP contribution in [-0.4, -0.2) is 11.9 Å². The quantitative estimate of drug-likeness (QED) is 0.875. The second-order valence-electron chi connectivity index (χ2n) is 5.35. The Morgan fingerprint density at radius 1 is 1.17 bits per heavy atom. The first-order valence-electron chi connectivity index (χ1n) is 7.32. The summed E-state index contributed by atoms with van der Waals surface area (Å²) >= 11 is 5.99. The number of benzene rings is 2. The standard InChI is InChI=1S/C18H18ClN3O/c1-12(15-6-4-7-16(19)10-15)21-13(2)18(23)22-17-8-3-5-14(9-17)11-20/h3-10,12-13,21H,1-2H3,(H,22,23)/t12-,13-/m0/s1. The van der Waals surface area contributed by atoms with Crippen LogP contribution >= 0.6 is 11.6 Å². The van der Waals surface area contributed by atoms with Gasteiger partial charge in [-0.05, 0) is 49.7 Å². The van der Waals surface area contributed by atoms with Crippen LogP contribution in [0, 0.1) is 11.3 Å². The van der Waals surface area contributed by atoms with Crippen molar-refractivity contribution in [3.63, 3.8) is 0 Å². The molecule has 2 atom stereocenters. The number of anilines is 1. The highest BCUT2D eigenvalue weighted by molar-refractivity contribution is 6.30. The third-order valence-electron chi connectivity index (χ3n) is 3.50. The van der Waals surface area contributed by atoms with Gasteiger partial charge in [0.05, 0.1) is 17.7 Å². The molecule has 2 aromatic rings. The first-order valence-corrected chi connectivity index (χ1v) is 7.70. The number of hydrogen-bond donors (Lipinski definition) is 2. The lowest BCUT2D eigenvalue weighted by Crippen LogP contribution is -2.39. The van der Waals surface area contributed by atoms with Gasteiger partial charge in [0.25, 0.3) is 0 Å². The van der Waals surface area contributed by atoms with Gasteiger partial charge in [-0.2, -0.15) is 5.26 Å². The van der Waals surface area contributed by atoms with Crippen LogP contribution in [0.5, 0.6) is 0 Å². The molecule has 0 aliphatic heterocycles. The van der Waals surface area contributed by atoms with Crippen LogP contribution in [0.25, 0.3) is 0 Å². The van der Waals surface area contributed by atoms with E-state index < -0.39 is 6.04 Å². The van der Waals surface area contributed by atoms with Crippen molar-refractivity contribution >= 4 is 23.2 Å². The zero-order valence-corrected chi connectivity index (χ0v) is 13.8. The highest BCUT2D eigenvalue weighted by Crippen LogP contribution is 2.18. The van der Waals surface area contributed by atoms with E-state index in [0.717, 1.165) is 5.56 Å². The maximum atomic E-state index is 12.3. The van der Waals surface area contributed by atoms with Crippen LogP contribution in [0.1, 0.15) is 31.0 Å². The molecule has 0 aromatic heterocycles. The Kier molecular flexibility index (Phi) is 5.75. The smallest absolute Gasteiger partial charge is 0.241 e. The summed E-state index contributed by atoms with van der Waals surface area (Å²) in [6.45, 7) is 3.77. The van der Waals surface area contributed by atoms with Gasteiger partial charge in [0.2, 0.25) is 5.91 Å². The van der Waals surface area contributed by atoms with Gasteiger partial charge >= 0.3 is 0 Å². The van der Waals surface area contributed by atoms with Crippen molar-refractivity contribution in [2.45, 2.75) is 25.9 Å². The molecule has 0 fully saturated rings. The van der Waals surface area contributed by atoms with Crippen LogP contribution in [0.15, 0.2) is 48.5 Å². The third kappa shape index (κ3) is 4.82. The topological polar surface area (TPSA) is 64.9 Å². The zero-order chi connectivity index (χ0) is 16.8. The number of rotatable bonds is 5. The number of halogens is 1. The van der Waals surface area contributed by atoms with Crippen molar-refractivity contribution in [2.24, 2.45) is 0 Å². The first-order chi connectivity index (χ1) is 11.0. The van der Waals surface area contributed by atoms with Crippen LogP contribution in [0.2, 0.25) is 5.02 Å². The van der Waals surface area contributed by atoms with Crippen molar-refractivity contribution in [3.8, 4) is 6.07 Å². The Morgan fingerprint density at radius 2 is 1.91 bits per heavy atom. The van der Waals surface area contributed by atoms with Crippen LogP contribution < -0.4 is 10.6 Å². The minimum atomic E-state index is -0.394. The van der Waals surface area contributed by atoms with Gasteiger partial charge < -0.3 is 5.32 Å². The van der Waals surface area contributed by atoms with Crippen molar-refractivity contribution < 1.29 is 4.79 Å². The average molecular weight is 328 g/mol. The summed E-state index contributed by atoms with van der Waals surface area (Å²) in [5, 5.41) is 15.6. The number of amides is 1. The molecule has 0 spiro atoms. The molecule has 118 valence electrons. The van der Waals surface area contributed by atoms with Crippen LogP contribution in [0.3, 0.4) is 0 Å². The minimum Gasteiger partial charge on any atom is -0.325 e. The second kappa shape index (κ2) is 7.77. The van der Waals surface area contributed by atoms with Gasteiger partial charge in [-0.15, -0.1) is 0 Å². The minimum absolute atomic E-state index is 0.0140. The van der Waals surface area contributed by atoms with E-state index in [1.54, 1.807) is 31.2 Å². The van der Waals surface area contributed by atoms with E-state index in [0.29, 0.717) is 16.3 Å². The molecule has 0 aliphatic carbocycles. The Balaban J connectivity index is 1.98. The highest BCUT2D eigenvalue weighted by atomic mass is 35.5. The van der Waals surface area contributed by atoms with Crippen molar-refractivity contribution in [3.05, 3.63) is 64.7 Å². The van der Waals surface area contributed by atoms with E-state index in [4.69, 9.17) is 16.9 Å². The fourth-order valence-corrected chi connectivity index (χ4v) is 2.44. The lowest BCUT2D eigenvalue weighted by Gasteiger charge is -2.20. The van der Waals surface area contributed by atoms with Gasteiger partial charge in [0.1, 0.15) is 0 Å². The molecule has 1 amide bonds. The Labute approximate surface area is 141 Å². The maximum Gasteiger partial charge on any atom is 0.241 e. The maximum absolute atomic E-state index is 12.3. The van der Waals surface area contributed by atoms with Crippen molar-refractivity contribution in [1.82, 2.24) is 5.32 Å². The number of carbonyl (C=O) groups excluding carboxylic acids is 1. The summed E-state index contributed by atoms with van der Waals surface area (Å²) in [6, 6.07) is 16.0. The fraction of sp³-hybridized carbons (Fsp3) is 0.222. The molecule has 2 rings (SSSR count). The Morgan fingerprint density at radius 3 is 2.61 bits per heavy atom. The van der Waals surface area contributed by atoms with Crippen LogP contribution in [-0.2, 0) is 4.79 Å². The normalized spacial score (nSPS) is 13.0. The molecule has 0 bridgehead atoms. The molecule has 2 N–H and O–H groups in total. The fourth-order valence-electron chi connectivity index (χ4n) is 2.24. The van der Waals surface area contributed by atoms with Gasteiger partial charge in [0.15, 0.2) is 0 Å². The molecular formula is C18H18ClN3O. The molecule has 2 aromatic carbocycles. The summed E-state index contributed by atoms with van der Waals surface area (Å²) in [5.74, 6) is -0.158. The van der Waals surface area contributed by atoms with Crippen molar-refractivity contribution in [1.29, 1.82) is 5.26 Å². The first kappa shape index (κ1) is 17.0. The van der Waals surface area contributed by atoms with E-state index >= 15 is 0 Å². The molecule has 0 aliphatic rings. The summed E-state index contributed by atoms with van der Waals surface area (Å²) in [6.07, 6.45) is 0. The Hall–Kier alpha value is -2.35. The van der Waals surface area contributed by atoms with Gasteiger partial charge in [-0.1, -0.05) is 29.8 Å². The van der Waals surface area contributed by atoms with E-state index in [-0.39, 0.29) is 11.9 Å². The molecule has 0 saturated carbocycles. The predicted octanol–water partition coefficient (Wildman–Crippen LogP) is 3.89. The Bertz CT molecular complexity index is 739. The molecule has 0 saturated heterocycles. The van der Waals surface area contributed by atoms with E-state index in [9.17, 15) is 4.79 Å². The molecule has 0 heterocycles. The molecule has 0 unspecified atom stereocenters. The number of carbonyl (C=O) groups is 1. The molecule has 5 heteroatoms. The molecular weight excluding hydrogens is 310 g/mol. The van der Waals surface area contributed by atoms with Gasteiger partial charge in [-0.3, -0.25) is 10.1 Å². The van der Waals surface area contributed by atoms with E-state index in [1.807, 2.05) is 37.3 Å². The number of nitrogens with one attached hydrogen (secondary N) is 2. The number of nitrogens with zero attached hydrogens (tertiary/aromatic N) is 1. The highest BCUT2D eigenvalue weighted by Gasteiger charge is 2.16. The molecule has 23 heavy (non-hydrogen) atoms. The van der Waals surface area contributed by atoms with Crippen LogP contribution in [0.4, 0.5) is 5.69 Å². The van der Waals surface area contributed by atoms with Crippen molar-refractivity contribution in [2.75, 3.05) is 5.32 Å². The summed E-state index contributed by atoms with van der Waals surface area (Å²) in [5.41, 5.74) is 2.14. The average Bonchev–Trinajstić information content (AvgIpc) is 2.54. The largest absolute Gasteiger partial charge is 0.325 e. The summed E-state index contributed by atoms with van der Waals surface area (Å²) in [7, 11) is 0. The summed E-state index contributed by atoms with van der Waals surface area (Å²) < 4.78 is 0. The van der Waals surface area contributed by atoms with Gasteiger partial charge in [0, 0.05) is 16.8 Å². The monoisotopic (exact) mass is 327 g/mol.